The summed E-state index contributed by atoms with van der Waals surface area (Å²) < 4.78 is 0. The lowest BCUT2D eigenvalue weighted by molar-refractivity contribution is -0.117. The molecule has 1 aromatic heterocycles. The number of Topliss-reactive ketones (excluding diaryl/α,β-unsaturated/α-hetero) is 1. The molecule has 1 aliphatic rings. The number of hydrogen-bond acceptors (Lipinski definition) is 5. The summed E-state index contributed by atoms with van der Waals surface area (Å²) in [5, 5.41) is 2.24. The monoisotopic (exact) mass is 366 g/mol. The van der Waals surface area contributed by atoms with Gasteiger partial charge in [-0.05, 0) is 36.1 Å². The first-order chi connectivity index (χ1) is 10.9. The van der Waals surface area contributed by atoms with Crippen LogP contribution in [-0.4, -0.2) is 24.0 Å². The van der Waals surface area contributed by atoms with Crippen molar-refractivity contribution >= 4 is 58.1 Å². The second kappa shape index (κ2) is 5.99. The van der Waals surface area contributed by atoms with E-state index < -0.39 is 17.9 Å². The Morgan fingerprint density at radius 1 is 1.35 bits per heavy atom. The lowest BCUT2D eigenvalue weighted by Crippen LogP contribution is -2.40. The molecule has 0 aliphatic carbocycles. The molecule has 3 rings (SSSR count). The number of carbonyl (C=O) groups is 3. The van der Waals surface area contributed by atoms with Crippen molar-refractivity contribution in [3.8, 4) is 0 Å². The lowest BCUT2D eigenvalue weighted by atomic mass is 9.95. The molecule has 5 nitrogen and oxygen atoms in total. The van der Waals surface area contributed by atoms with E-state index in [1.54, 1.807) is 12.1 Å². The number of primary amides is 1. The molecule has 3 amide bonds. The van der Waals surface area contributed by atoms with Crippen LogP contribution in [0.1, 0.15) is 21.2 Å². The van der Waals surface area contributed by atoms with Crippen LogP contribution in [0.5, 0.6) is 0 Å². The Morgan fingerprint density at radius 3 is 2.70 bits per heavy atom. The molecule has 2 heterocycles. The first kappa shape index (κ1) is 16.0. The van der Waals surface area contributed by atoms with Crippen molar-refractivity contribution in [2.24, 2.45) is 5.73 Å². The Labute approximate surface area is 145 Å². The molecular formula is C15H11ClN2O3S2. The van der Waals surface area contributed by atoms with Crippen molar-refractivity contribution in [3.05, 3.63) is 45.1 Å². The molecule has 1 aromatic carbocycles. The molecule has 23 heavy (non-hydrogen) atoms. The third-order valence-corrected chi connectivity index (χ3v) is 5.58. The molecule has 8 heteroatoms. The number of fused-ring (bicyclic) bond motifs is 1. The largest absolute Gasteiger partial charge is 0.351 e. The molecular weight excluding hydrogens is 356 g/mol. The van der Waals surface area contributed by atoms with Gasteiger partial charge in [0.25, 0.3) is 5.91 Å². The number of amides is 3. The van der Waals surface area contributed by atoms with E-state index in [1.807, 2.05) is 11.6 Å². The maximum Gasteiger partial charge on any atom is 0.326 e. The number of anilines is 1. The maximum atomic E-state index is 12.8. The molecule has 0 saturated heterocycles. The smallest absolute Gasteiger partial charge is 0.326 e. The predicted molar refractivity (Wildman–Crippen MR) is 91.7 cm³/mol. The highest BCUT2D eigenvalue weighted by Crippen LogP contribution is 2.41. The molecule has 0 radical (unpaired) electrons. The van der Waals surface area contributed by atoms with Crippen LogP contribution < -0.4 is 10.6 Å². The summed E-state index contributed by atoms with van der Waals surface area (Å²) >= 11 is 8.76. The molecule has 1 aliphatic heterocycles. The molecule has 0 spiro atoms. The van der Waals surface area contributed by atoms with Crippen LogP contribution in [0.4, 0.5) is 10.5 Å². The standard InChI is InChI=1S/C15H11ClN2O3S2/c1-22-8-5-11(23-6-8)13(19)12-9-4-7(16)2-3-10(9)18(14(12)20)15(17)21/h2-6,12H,1H3,(H2,17,21). The minimum Gasteiger partial charge on any atom is -0.351 e. The molecule has 2 aromatic rings. The molecule has 2 N–H and O–H groups in total. The lowest BCUT2D eigenvalue weighted by Gasteiger charge is -2.12. The highest BCUT2D eigenvalue weighted by Gasteiger charge is 2.44. The second-order valence-corrected chi connectivity index (χ2v) is 7.09. The van der Waals surface area contributed by atoms with Crippen molar-refractivity contribution in [3.63, 3.8) is 0 Å². The van der Waals surface area contributed by atoms with Crippen LogP contribution >= 0.6 is 34.7 Å². The fraction of sp³-hybridized carbons (Fsp3) is 0.133. The maximum absolute atomic E-state index is 12.8. The van der Waals surface area contributed by atoms with Crippen molar-refractivity contribution in [2.45, 2.75) is 10.8 Å². The number of imide groups is 1. The summed E-state index contributed by atoms with van der Waals surface area (Å²) in [5.41, 5.74) is 6.01. The van der Waals surface area contributed by atoms with E-state index in [9.17, 15) is 14.4 Å². The third-order valence-electron chi connectivity index (χ3n) is 3.55. The zero-order valence-electron chi connectivity index (χ0n) is 11.9. The van der Waals surface area contributed by atoms with Crippen LogP contribution in [-0.2, 0) is 4.79 Å². The van der Waals surface area contributed by atoms with Gasteiger partial charge in [0, 0.05) is 15.3 Å². The highest BCUT2D eigenvalue weighted by molar-refractivity contribution is 7.98. The zero-order chi connectivity index (χ0) is 16.7. The summed E-state index contributed by atoms with van der Waals surface area (Å²) in [5.74, 6) is -2.09. The number of nitrogens with two attached hydrogens (primary N) is 1. The van der Waals surface area contributed by atoms with E-state index in [1.165, 1.54) is 35.2 Å². The number of urea groups is 1. The third kappa shape index (κ3) is 2.65. The Hall–Kier alpha value is -1.83. The van der Waals surface area contributed by atoms with Gasteiger partial charge in [0.15, 0.2) is 5.78 Å². The predicted octanol–water partition coefficient (Wildman–Crippen LogP) is 3.52. The second-order valence-electron chi connectivity index (χ2n) is 4.86. The van der Waals surface area contributed by atoms with Gasteiger partial charge in [-0.25, -0.2) is 9.69 Å². The molecule has 118 valence electrons. The number of rotatable bonds is 3. The Kier molecular flexibility index (Phi) is 4.18. The first-order valence-corrected chi connectivity index (χ1v) is 9.02. The average molecular weight is 367 g/mol. The van der Waals surface area contributed by atoms with Gasteiger partial charge >= 0.3 is 6.03 Å². The van der Waals surface area contributed by atoms with Gasteiger partial charge in [0.1, 0.15) is 5.92 Å². The van der Waals surface area contributed by atoms with E-state index in [0.29, 0.717) is 21.2 Å². The van der Waals surface area contributed by atoms with Crippen LogP contribution in [0.2, 0.25) is 5.02 Å². The normalized spacial score (nSPS) is 16.5. The van der Waals surface area contributed by atoms with E-state index in [2.05, 4.69) is 0 Å². The minimum atomic E-state index is -1.09. The number of hydrogen-bond donors (Lipinski definition) is 1. The molecule has 0 bridgehead atoms. The molecule has 1 unspecified atom stereocenters. The topological polar surface area (TPSA) is 80.5 Å². The van der Waals surface area contributed by atoms with E-state index in [4.69, 9.17) is 17.3 Å². The number of ketones is 1. The highest BCUT2D eigenvalue weighted by atomic mass is 35.5. The van der Waals surface area contributed by atoms with Gasteiger partial charge in [0.2, 0.25) is 0 Å². The van der Waals surface area contributed by atoms with Crippen molar-refractivity contribution in [2.75, 3.05) is 11.2 Å². The summed E-state index contributed by atoms with van der Waals surface area (Å²) in [4.78, 5) is 39.2. The van der Waals surface area contributed by atoms with E-state index in [-0.39, 0.29) is 5.78 Å². The SMILES string of the molecule is CSc1csc(C(=O)C2C(=O)N(C(N)=O)c3ccc(Cl)cc32)c1. The van der Waals surface area contributed by atoms with Crippen molar-refractivity contribution in [1.29, 1.82) is 0 Å². The number of halogens is 1. The fourth-order valence-electron chi connectivity index (χ4n) is 2.52. The Morgan fingerprint density at radius 2 is 2.09 bits per heavy atom. The average Bonchev–Trinajstić information content (AvgIpc) is 3.08. The van der Waals surface area contributed by atoms with Gasteiger partial charge in [-0.3, -0.25) is 9.59 Å². The fourth-order valence-corrected chi connectivity index (χ4v) is 4.28. The van der Waals surface area contributed by atoms with E-state index >= 15 is 0 Å². The summed E-state index contributed by atoms with van der Waals surface area (Å²) in [7, 11) is 0. The quantitative estimate of drug-likeness (QED) is 0.512. The number of benzene rings is 1. The van der Waals surface area contributed by atoms with Crippen LogP contribution in [0.25, 0.3) is 0 Å². The van der Waals surface area contributed by atoms with Crippen molar-refractivity contribution in [1.82, 2.24) is 0 Å². The summed E-state index contributed by atoms with van der Waals surface area (Å²) in [6, 6.07) is 5.43. The van der Waals surface area contributed by atoms with Gasteiger partial charge in [-0.2, -0.15) is 0 Å². The van der Waals surface area contributed by atoms with Crippen LogP contribution in [0.3, 0.4) is 0 Å². The number of thioether (sulfide) groups is 1. The number of carbonyl (C=O) groups excluding carboxylic acids is 3. The number of nitrogens with zero attached hydrogens (tertiary/aromatic N) is 1. The van der Waals surface area contributed by atoms with Gasteiger partial charge < -0.3 is 5.73 Å². The number of thiophene rings is 1. The minimum absolute atomic E-state index is 0.312. The van der Waals surface area contributed by atoms with Gasteiger partial charge in [-0.1, -0.05) is 11.6 Å². The first-order valence-electron chi connectivity index (χ1n) is 6.53. The molecule has 0 saturated carbocycles. The molecule has 0 fully saturated rings. The van der Waals surface area contributed by atoms with Crippen molar-refractivity contribution < 1.29 is 14.4 Å². The van der Waals surface area contributed by atoms with Crippen LogP contribution in [0, 0.1) is 0 Å². The summed E-state index contributed by atoms with van der Waals surface area (Å²) in [6.07, 6.45) is 1.90. The Balaban J connectivity index is 2.09. The molecule has 1 atom stereocenters. The zero-order valence-corrected chi connectivity index (χ0v) is 14.3. The van der Waals surface area contributed by atoms with Gasteiger partial charge in [0.05, 0.1) is 10.6 Å². The van der Waals surface area contributed by atoms with Crippen LogP contribution in [0.15, 0.2) is 34.5 Å². The Bertz CT molecular complexity index is 834. The summed E-state index contributed by atoms with van der Waals surface area (Å²) in [6.45, 7) is 0. The van der Waals surface area contributed by atoms with Gasteiger partial charge in [-0.15, -0.1) is 23.1 Å². The van der Waals surface area contributed by atoms with E-state index in [0.717, 1.165) is 9.80 Å².